The standard InChI is InChI=1S/C14H18N2O2/c1-10-6-5-9-12(11-7-3-2-4-8-11)16(10)14(18)13(15)17/h2-4,7-8,10,12H,5-6,9H2,1H3,(H2,15,17). The molecule has 1 fully saturated rings. The Morgan fingerprint density at radius 1 is 1.22 bits per heavy atom. The van der Waals surface area contributed by atoms with E-state index in [0.29, 0.717) is 0 Å². The van der Waals surface area contributed by atoms with Crippen molar-refractivity contribution in [3.05, 3.63) is 35.9 Å². The van der Waals surface area contributed by atoms with E-state index in [2.05, 4.69) is 0 Å². The van der Waals surface area contributed by atoms with Crippen LogP contribution in [0.2, 0.25) is 0 Å². The van der Waals surface area contributed by atoms with Crippen LogP contribution in [0.25, 0.3) is 0 Å². The van der Waals surface area contributed by atoms with Crippen LogP contribution in [0, 0.1) is 0 Å². The number of nitrogens with zero attached hydrogens (tertiary/aromatic N) is 1. The highest BCUT2D eigenvalue weighted by Crippen LogP contribution is 2.34. The Balaban J connectivity index is 2.31. The quantitative estimate of drug-likeness (QED) is 0.765. The third-order valence-corrected chi connectivity index (χ3v) is 3.54. The number of piperidine rings is 1. The largest absolute Gasteiger partial charge is 0.361 e. The molecule has 0 radical (unpaired) electrons. The second-order valence-corrected chi connectivity index (χ2v) is 4.78. The van der Waals surface area contributed by atoms with Crippen molar-refractivity contribution in [2.75, 3.05) is 0 Å². The molecule has 0 bridgehead atoms. The van der Waals surface area contributed by atoms with Crippen LogP contribution < -0.4 is 5.73 Å². The third kappa shape index (κ3) is 2.37. The van der Waals surface area contributed by atoms with Gasteiger partial charge in [-0.3, -0.25) is 9.59 Å². The molecule has 0 aromatic heterocycles. The molecule has 0 saturated carbocycles. The van der Waals surface area contributed by atoms with E-state index in [1.165, 1.54) is 0 Å². The van der Waals surface area contributed by atoms with Crippen molar-refractivity contribution in [1.82, 2.24) is 4.90 Å². The molecule has 96 valence electrons. The van der Waals surface area contributed by atoms with Gasteiger partial charge in [0.1, 0.15) is 0 Å². The smallest absolute Gasteiger partial charge is 0.312 e. The van der Waals surface area contributed by atoms with Crippen molar-refractivity contribution in [3.63, 3.8) is 0 Å². The molecule has 1 aliphatic heterocycles. The van der Waals surface area contributed by atoms with Gasteiger partial charge in [0, 0.05) is 6.04 Å². The highest BCUT2D eigenvalue weighted by atomic mass is 16.2. The number of carbonyl (C=O) groups excluding carboxylic acids is 2. The fourth-order valence-corrected chi connectivity index (χ4v) is 2.66. The molecule has 2 amide bonds. The first-order chi connectivity index (χ1) is 8.61. The molecule has 1 aromatic carbocycles. The fourth-order valence-electron chi connectivity index (χ4n) is 2.66. The highest BCUT2D eigenvalue weighted by Gasteiger charge is 2.34. The van der Waals surface area contributed by atoms with E-state index in [1.807, 2.05) is 37.3 Å². The molecule has 1 saturated heterocycles. The van der Waals surface area contributed by atoms with Gasteiger partial charge in [0.05, 0.1) is 6.04 Å². The maximum atomic E-state index is 11.9. The van der Waals surface area contributed by atoms with E-state index < -0.39 is 11.8 Å². The topological polar surface area (TPSA) is 63.4 Å². The number of nitrogens with two attached hydrogens (primary N) is 1. The minimum Gasteiger partial charge on any atom is -0.361 e. The summed E-state index contributed by atoms with van der Waals surface area (Å²) < 4.78 is 0. The lowest BCUT2D eigenvalue weighted by atomic mass is 9.91. The summed E-state index contributed by atoms with van der Waals surface area (Å²) in [6.45, 7) is 1.97. The molecule has 18 heavy (non-hydrogen) atoms. The van der Waals surface area contributed by atoms with E-state index in [0.717, 1.165) is 24.8 Å². The van der Waals surface area contributed by atoms with Gasteiger partial charge < -0.3 is 10.6 Å². The minimum absolute atomic E-state index is 0.0325. The summed E-state index contributed by atoms with van der Waals surface area (Å²) in [5, 5.41) is 0. The van der Waals surface area contributed by atoms with Crippen LogP contribution in [-0.2, 0) is 9.59 Å². The Bertz CT molecular complexity index is 444. The van der Waals surface area contributed by atoms with Crippen molar-refractivity contribution < 1.29 is 9.59 Å². The lowest BCUT2D eigenvalue weighted by Gasteiger charge is -2.40. The summed E-state index contributed by atoms with van der Waals surface area (Å²) >= 11 is 0. The first-order valence-corrected chi connectivity index (χ1v) is 6.28. The number of benzene rings is 1. The third-order valence-electron chi connectivity index (χ3n) is 3.54. The van der Waals surface area contributed by atoms with E-state index in [4.69, 9.17) is 5.73 Å². The van der Waals surface area contributed by atoms with Gasteiger partial charge in [0.15, 0.2) is 0 Å². The SMILES string of the molecule is CC1CCCC(c2ccccc2)N1C(=O)C(N)=O. The van der Waals surface area contributed by atoms with Crippen molar-refractivity contribution in [1.29, 1.82) is 0 Å². The molecule has 2 N–H and O–H groups in total. The Morgan fingerprint density at radius 2 is 1.89 bits per heavy atom. The molecule has 2 rings (SSSR count). The number of hydrogen-bond donors (Lipinski definition) is 1. The average Bonchev–Trinajstić information content (AvgIpc) is 2.38. The maximum Gasteiger partial charge on any atom is 0.312 e. The molecule has 2 unspecified atom stereocenters. The van der Waals surface area contributed by atoms with Crippen LogP contribution in [0.15, 0.2) is 30.3 Å². The Kier molecular flexibility index (Phi) is 3.65. The summed E-state index contributed by atoms with van der Waals surface area (Å²) in [6, 6.07) is 9.84. The number of carbonyl (C=O) groups is 2. The molecule has 0 spiro atoms. The number of rotatable bonds is 1. The van der Waals surface area contributed by atoms with E-state index in [-0.39, 0.29) is 12.1 Å². The van der Waals surface area contributed by atoms with Crippen molar-refractivity contribution in [3.8, 4) is 0 Å². The predicted octanol–water partition coefficient (Wildman–Crippen LogP) is 1.61. The monoisotopic (exact) mass is 246 g/mol. The fraction of sp³-hybridized carbons (Fsp3) is 0.429. The minimum atomic E-state index is -0.871. The van der Waals surface area contributed by atoms with E-state index in [9.17, 15) is 9.59 Å². The van der Waals surface area contributed by atoms with Gasteiger partial charge in [-0.05, 0) is 31.7 Å². The lowest BCUT2D eigenvalue weighted by Crippen LogP contribution is -2.49. The highest BCUT2D eigenvalue weighted by molar-refractivity contribution is 6.34. The Hall–Kier alpha value is -1.84. The van der Waals surface area contributed by atoms with Crippen LogP contribution in [0.1, 0.15) is 37.8 Å². The summed E-state index contributed by atoms with van der Waals surface area (Å²) in [5.74, 6) is -1.44. The van der Waals surface area contributed by atoms with Gasteiger partial charge in [-0.2, -0.15) is 0 Å². The predicted molar refractivity (Wildman–Crippen MR) is 68.5 cm³/mol. The maximum absolute atomic E-state index is 11.9. The van der Waals surface area contributed by atoms with Crippen molar-refractivity contribution >= 4 is 11.8 Å². The molecule has 1 heterocycles. The molecule has 4 heteroatoms. The molecule has 4 nitrogen and oxygen atoms in total. The zero-order valence-corrected chi connectivity index (χ0v) is 10.5. The van der Waals surface area contributed by atoms with E-state index >= 15 is 0 Å². The first-order valence-electron chi connectivity index (χ1n) is 6.28. The van der Waals surface area contributed by atoms with Crippen LogP contribution in [0.5, 0.6) is 0 Å². The number of likely N-dealkylation sites (tertiary alicyclic amines) is 1. The van der Waals surface area contributed by atoms with Gasteiger partial charge in [-0.1, -0.05) is 30.3 Å². The molecular weight excluding hydrogens is 228 g/mol. The normalized spacial score (nSPS) is 23.7. The van der Waals surface area contributed by atoms with Crippen LogP contribution in [0.3, 0.4) is 0 Å². The zero-order valence-electron chi connectivity index (χ0n) is 10.5. The Morgan fingerprint density at radius 3 is 2.50 bits per heavy atom. The van der Waals surface area contributed by atoms with E-state index in [1.54, 1.807) is 4.90 Å². The van der Waals surface area contributed by atoms with Gasteiger partial charge in [0.25, 0.3) is 0 Å². The van der Waals surface area contributed by atoms with Gasteiger partial charge in [-0.25, -0.2) is 0 Å². The Labute approximate surface area is 107 Å². The van der Waals surface area contributed by atoms with Crippen molar-refractivity contribution in [2.24, 2.45) is 5.73 Å². The van der Waals surface area contributed by atoms with Gasteiger partial charge in [0.2, 0.25) is 0 Å². The van der Waals surface area contributed by atoms with Gasteiger partial charge in [-0.15, -0.1) is 0 Å². The first kappa shape index (κ1) is 12.6. The molecule has 1 aliphatic rings. The van der Waals surface area contributed by atoms with Crippen LogP contribution >= 0.6 is 0 Å². The summed E-state index contributed by atoms with van der Waals surface area (Å²) in [6.07, 6.45) is 2.86. The average molecular weight is 246 g/mol. The van der Waals surface area contributed by atoms with Crippen LogP contribution in [0.4, 0.5) is 0 Å². The molecule has 1 aromatic rings. The molecule has 0 aliphatic carbocycles. The number of amides is 2. The van der Waals surface area contributed by atoms with Crippen molar-refractivity contribution in [2.45, 2.75) is 38.3 Å². The number of hydrogen-bond acceptors (Lipinski definition) is 2. The summed E-state index contributed by atoms with van der Waals surface area (Å²) in [5.41, 5.74) is 6.21. The second-order valence-electron chi connectivity index (χ2n) is 4.78. The second kappa shape index (κ2) is 5.21. The summed E-state index contributed by atoms with van der Waals surface area (Å²) in [4.78, 5) is 24.7. The summed E-state index contributed by atoms with van der Waals surface area (Å²) in [7, 11) is 0. The van der Waals surface area contributed by atoms with Crippen LogP contribution in [-0.4, -0.2) is 22.8 Å². The zero-order chi connectivity index (χ0) is 13.1. The number of primary amides is 1. The molecular formula is C14H18N2O2. The van der Waals surface area contributed by atoms with Gasteiger partial charge >= 0.3 is 11.8 Å². The lowest BCUT2D eigenvalue weighted by molar-refractivity contribution is -0.149. The molecule has 2 atom stereocenters.